The number of allylic oxidation sites excluding steroid dienone is 2. The van der Waals surface area contributed by atoms with E-state index in [2.05, 4.69) is 15.8 Å². The molecule has 30 heavy (non-hydrogen) atoms. The van der Waals surface area contributed by atoms with Crippen molar-refractivity contribution in [2.75, 3.05) is 6.54 Å². The van der Waals surface area contributed by atoms with E-state index >= 15 is 0 Å². The van der Waals surface area contributed by atoms with Crippen LogP contribution in [0.3, 0.4) is 0 Å². The number of hydrogen-bond acceptors (Lipinski definition) is 5. The van der Waals surface area contributed by atoms with Crippen molar-refractivity contribution in [1.82, 2.24) is 10.7 Å². The van der Waals surface area contributed by atoms with Crippen molar-refractivity contribution in [3.8, 4) is 5.75 Å². The molecule has 10 heteroatoms. The quantitative estimate of drug-likeness (QED) is 0.501. The maximum Gasteiger partial charge on any atom is 0.418 e. The molecule has 3 unspecified atom stereocenters. The second-order valence-electron chi connectivity index (χ2n) is 8.19. The number of halogens is 5. The molecule has 4 N–H and O–H groups in total. The zero-order chi connectivity index (χ0) is 22.3. The van der Waals surface area contributed by atoms with Gasteiger partial charge >= 0.3 is 6.18 Å². The van der Waals surface area contributed by atoms with E-state index in [1.54, 1.807) is 18.4 Å². The van der Waals surface area contributed by atoms with Crippen LogP contribution >= 0.6 is 11.6 Å². The molecule has 0 saturated heterocycles. The van der Waals surface area contributed by atoms with E-state index in [9.17, 15) is 27.8 Å². The first-order valence-electron chi connectivity index (χ1n) is 9.23. The second kappa shape index (κ2) is 7.77. The molecule has 1 aromatic rings. The Hall–Kier alpha value is -2.26. The number of aromatic hydroxyl groups is 1. The molecule has 1 aliphatic heterocycles. The first-order chi connectivity index (χ1) is 13.8. The van der Waals surface area contributed by atoms with Crippen molar-refractivity contribution in [1.29, 1.82) is 0 Å². The zero-order valence-electron chi connectivity index (χ0n) is 16.3. The first-order valence-corrected chi connectivity index (χ1v) is 9.60. The summed E-state index contributed by atoms with van der Waals surface area (Å²) in [7, 11) is 0. The van der Waals surface area contributed by atoms with E-state index in [0.717, 1.165) is 12.1 Å². The van der Waals surface area contributed by atoms with Crippen molar-refractivity contribution in [2.45, 2.75) is 43.5 Å². The topological polar surface area (TPSA) is 76.9 Å². The van der Waals surface area contributed by atoms with Crippen LogP contribution in [0.25, 0.3) is 0 Å². The molecule has 0 bridgehead atoms. The molecule has 0 amide bonds. The van der Waals surface area contributed by atoms with Crippen molar-refractivity contribution in [3.63, 3.8) is 0 Å². The van der Waals surface area contributed by atoms with Crippen LogP contribution in [-0.4, -0.2) is 40.8 Å². The van der Waals surface area contributed by atoms with Gasteiger partial charge < -0.3 is 21.0 Å². The molecule has 2 aliphatic rings. The normalized spacial score (nSPS) is 22.9. The summed E-state index contributed by atoms with van der Waals surface area (Å²) in [5, 5.41) is 27.0. The molecule has 0 spiro atoms. The molecule has 1 heterocycles. The summed E-state index contributed by atoms with van der Waals surface area (Å²) in [6, 6.07) is 1.66. The Kier molecular flexibility index (Phi) is 5.81. The van der Waals surface area contributed by atoms with Crippen molar-refractivity contribution in [3.05, 3.63) is 52.5 Å². The number of rotatable bonds is 6. The molecule has 5 nitrogen and oxygen atoms in total. The van der Waals surface area contributed by atoms with Gasteiger partial charge in [-0.1, -0.05) is 37.6 Å². The maximum atomic E-state index is 13.9. The van der Waals surface area contributed by atoms with Gasteiger partial charge in [-0.05, 0) is 24.0 Å². The lowest BCUT2D eigenvalue weighted by atomic mass is 9.74. The summed E-state index contributed by atoms with van der Waals surface area (Å²) >= 11 is 5.62. The van der Waals surface area contributed by atoms with Crippen LogP contribution in [-0.2, 0) is 5.41 Å². The molecule has 3 atom stereocenters. The van der Waals surface area contributed by atoms with Gasteiger partial charge in [-0.2, -0.15) is 18.3 Å². The van der Waals surface area contributed by atoms with E-state index in [0.29, 0.717) is 5.70 Å². The molecule has 1 aliphatic carbocycles. The van der Waals surface area contributed by atoms with Gasteiger partial charge in [-0.3, -0.25) is 0 Å². The fourth-order valence-corrected chi connectivity index (χ4v) is 3.96. The minimum absolute atomic E-state index is 0.0842. The zero-order valence-corrected chi connectivity index (χ0v) is 17.0. The number of hydrogen-bond donors (Lipinski definition) is 4. The minimum atomic E-state index is -4.98. The number of alkyl halides is 3. The highest BCUT2D eigenvalue weighted by atomic mass is 35.5. The average Bonchev–Trinajstić information content (AvgIpc) is 3.11. The third-order valence-corrected chi connectivity index (χ3v) is 5.70. The number of nitrogens with zero attached hydrogens (tertiary/aromatic N) is 1. The molecule has 1 aromatic carbocycles. The van der Waals surface area contributed by atoms with Crippen LogP contribution < -0.4 is 10.7 Å². The number of fused-ring (bicyclic) bond motifs is 1. The summed E-state index contributed by atoms with van der Waals surface area (Å²) in [4.78, 5) is 0. The van der Waals surface area contributed by atoms with Crippen LogP contribution in [0, 0.1) is 11.7 Å². The lowest BCUT2D eigenvalue weighted by Crippen LogP contribution is -2.55. The summed E-state index contributed by atoms with van der Waals surface area (Å²) in [6.07, 6.45) is 0.926. The van der Waals surface area contributed by atoms with Gasteiger partial charge in [-0.25, -0.2) is 4.39 Å². The fraction of sp³-hybridized carbons (Fsp3) is 0.450. The molecule has 164 valence electrons. The van der Waals surface area contributed by atoms with Crippen molar-refractivity contribution < 1.29 is 27.8 Å². The van der Waals surface area contributed by atoms with E-state index in [1.807, 2.05) is 6.08 Å². The fourth-order valence-electron chi connectivity index (χ4n) is 3.80. The highest BCUT2D eigenvalue weighted by Crippen LogP contribution is 2.44. The van der Waals surface area contributed by atoms with Crippen LogP contribution in [0.4, 0.5) is 17.6 Å². The standard InChI is InChI=1S/C20H22ClF4N3O2/c1-18(2,12-6-14(22)13(21)7-17(12)29)9-19(30,20(23,24)25)10-26-15-4-3-5-16-11(15)8-27-28-16/h3-8,11,16,26,28-30H,9-10H2,1-2H3. The van der Waals surface area contributed by atoms with E-state index < -0.39 is 41.7 Å². The monoisotopic (exact) mass is 447 g/mol. The van der Waals surface area contributed by atoms with E-state index in [-0.39, 0.29) is 22.5 Å². The Labute approximate surface area is 176 Å². The number of hydrazone groups is 1. The van der Waals surface area contributed by atoms with E-state index in [1.165, 1.54) is 13.8 Å². The maximum absolute atomic E-state index is 13.9. The third-order valence-electron chi connectivity index (χ3n) is 5.41. The molecule has 3 rings (SSSR count). The van der Waals surface area contributed by atoms with Gasteiger partial charge in [0.2, 0.25) is 0 Å². The SMILES string of the molecule is CC(C)(CC(O)(CNC1=CC=CC2NN=CC12)C(F)(F)F)c1cc(F)c(Cl)cc1O. The van der Waals surface area contributed by atoms with Gasteiger partial charge in [0, 0.05) is 23.5 Å². The summed E-state index contributed by atoms with van der Waals surface area (Å²) < 4.78 is 55.6. The smallest absolute Gasteiger partial charge is 0.418 e. The number of phenols is 1. The highest BCUT2D eigenvalue weighted by Gasteiger charge is 2.56. The number of aliphatic hydroxyl groups is 1. The summed E-state index contributed by atoms with van der Waals surface area (Å²) in [6.45, 7) is 1.95. The Morgan fingerprint density at radius 3 is 2.63 bits per heavy atom. The predicted molar refractivity (Wildman–Crippen MR) is 106 cm³/mol. The summed E-state index contributed by atoms with van der Waals surface area (Å²) in [5.41, 5.74) is -1.35. The Balaban J connectivity index is 1.85. The molecule has 0 fully saturated rings. The molecule has 0 aromatic heterocycles. The first kappa shape index (κ1) is 22.4. The van der Waals surface area contributed by atoms with E-state index in [4.69, 9.17) is 11.6 Å². The predicted octanol–water partition coefficient (Wildman–Crippen LogP) is 3.76. The van der Waals surface area contributed by atoms with Gasteiger partial charge in [-0.15, -0.1) is 0 Å². The van der Waals surface area contributed by atoms with Crippen LogP contribution in [0.15, 0.2) is 41.2 Å². The Morgan fingerprint density at radius 2 is 1.97 bits per heavy atom. The molecular formula is C20H22ClF4N3O2. The number of benzene rings is 1. The lowest BCUT2D eigenvalue weighted by molar-refractivity contribution is -0.264. The lowest BCUT2D eigenvalue weighted by Gasteiger charge is -2.39. The summed E-state index contributed by atoms with van der Waals surface area (Å²) in [5.74, 6) is -1.58. The molecule has 0 radical (unpaired) electrons. The highest BCUT2D eigenvalue weighted by molar-refractivity contribution is 6.30. The Morgan fingerprint density at radius 1 is 1.27 bits per heavy atom. The average molecular weight is 448 g/mol. The van der Waals surface area contributed by atoms with Crippen molar-refractivity contribution in [2.24, 2.45) is 11.0 Å². The minimum Gasteiger partial charge on any atom is -0.508 e. The largest absolute Gasteiger partial charge is 0.508 e. The second-order valence-corrected chi connectivity index (χ2v) is 8.60. The molecule has 0 saturated carbocycles. The van der Waals surface area contributed by atoms with Crippen LogP contribution in [0.5, 0.6) is 5.75 Å². The van der Waals surface area contributed by atoms with Crippen LogP contribution in [0.2, 0.25) is 5.02 Å². The van der Waals surface area contributed by atoms with Gasteiger partial charge in [0.05, 0.1) is 23.5 Å². The van der Waals surface area contributed by atoms with Gasteiger partial charge in [0.1, 0.15) is 11.6 Å². The van der Waals surface area contributed by atoms with Gasteiger partial charge in [0.25, 0.3) is 0 Å². The number of phenolic OH excluding ortho intramolecular Hbond substituents is 1. The van der Waals surface area contributed by atoms with Crippen molar-refractivity contribution >= 4 is 17.8 Å². The molecular weight excluding hydrogens is 426 g/mol. The number of nitrogens with one attached hydrogen (secondary N) is 2. The third kappa shape index (κ3) is 4.27. The van der Waals surface area contributed by atoms with Crippen LogP contribution in [0.1, 0.15) is 25.8 Å². The van der Waals surface area contributed by atoms with Gasteiger partial charge in [0.15, 0.2) is 5.60 Å². The Bertz CT molecular complexity index is 914.